The SMILES string of the molecule is CCCCNC(=O)c1cccn(CCN2CC(F)C2)c1=O.Cc1cc(C(F)(F)F)cc(C)c1-c1cc(F)c(F)c(C(CC(=O)O)NC=O)c1. The summed E-state index contributed by atoms with van der Waals surface area (Å²) >= 11 is 0. The summed E-state index contributed by atoms with van der Waals surface area (Å²) in [6.45, 7) is 7.39. The molecule has 2 aromatic carbocycles. The molecule has 1 fully saturated rings. The van der Waals surface area contributed by atoms with Gasteiger partial charge in [0.15, 0.2) is 11.6 Å². The van der Waals surface area contributed by atoms with Gasteiger partial charge in [-0.1, -0.05) is 13.3 Å². The number of hydrogen-bond acceptors (Lipinski definition) is 5. The number of benzene rings is 2. The number of likely N-dealkylation sites (tertiary alicyclic amines) is 1. The van der Waals surface area contributed by atoms with E-state index in [1.807, 2.05) is 11.8 Å². The predicted molar refractivity (Wildman–Crippen MR) is 170 cm³/mol. The van der Waals surface area contributed by atoms with E-state index in [4.69, 9.17) is 5.11 Å². The van der Waals surface area contributed by atoms with Crippen molar-refractivity contribution in [1.82, 2.24) is 20.1 Å². The van der Waals surface area contributed by atoms with E-state index in [1.165, 1.54) is 18.4 Å². The Kier molecular flexibility index (Phi) is 13.6. The number of aryl methyl sites for hydroxylation is 2. The van der Waals surface area contributed by atoms with Crippen LogP contribution in [0.4, 0.5) is 26.3 Å². The summed E-state index contributed by atoms with van der Waals surface area (Å²) in [7, 11) is 0. The average Bonchev–Trinajstić information content (AvgIpc) is 3.00. The number of carboxylic acids is 1. The van der Waals surface area contributed by atoms with Gasteiger partial charge in [0.2, 0.25) is 6.41 Å². The Labute approximate surface area is 278 Å². The Hall–Kier alpha value is -4.66. The minimum Gasteiger partial charge on any atom is -0.481 e. The first-order valence-electron chi connectivity index (χ1n) is 15.5. The number of nitrogens with one attached hydrogen (secondary N) is 2. The highest BCUT2D eigenvalue weighted by atomic mass is 19.4. The van der Waals surface area contributed by atoms with Crippen LogP contribution in [0.3, 0.4) is 0 Å². The molecule has 0 radical (unpaired) electrons. The van der Waals surface area contributed by atoms with Crippen molar-refractivity contribution in [3.63, 3.8) is 0 Å². The van der Waals surface area contributed by atoms with Crippen LogP contribution in [0.1, 0.15) is 64.8 Å². The molecular formula is C34H38F6N4O5. The van der Waals surface area contributed by atoms with Crippen molar-refractivity contribution in [2.45, 2.75) is 65.0 Å². The summed E-state index contributed by atoms with van der Waals surface area (Å²) in [5, 5.41) is 13.8. The van der Waals surface area contributed by atoms with Crippen molar-refractivity contribution in [3.8, 4) is 11.1 Å². The van der Waals surface area contributed by atoms with E-state index in [0.717, 1.165) is 37.1 Å². The van der Waals surface area contributed by atoms with E-state index < -0.39 is 53.5 Å². The number of carbonyl (C=O) groups excluding carboxylic acids is 2. The number of rotatable bonds is 13. The Morgan fingerprint density at radius 1 is 1.08 bits per heavy atom. The van der Waals surface area contributed by atoms with Gasteiger partial charge in [0.05, 0.1) is 18.0 Å². The van der Waals surface area contributed by atoms with E-state index in [-0.39, 0.29) is 45.7 Å². The van der Waals surface area contributed by atoms with Gasteiger partial charge in [-0.2, -0.15) is 13.2 Å². The number of nitrogens with zero attached hydrogens (tertiary/aromatic N) is 2. The number of unbranched alkanes of at least 4 members (excludes halogenated alkanes) is 1. The molecule has 1 unspecified atom stereocenters. The normalized spacial score (nSPS) is 13.9. The van der Waals surface area contributed by atoms with Gasteiger partial charge in [-0.15, -0.1) is 0 Å². The Morgan fingerprint density at radius 2 is 1.73 bits per heavy atom. The number of alkyl halides is 4. The topological polar surface area (TPSA) is 121 Å². The van der Waals surface area contributed by atoms with Gasteiger partial charge >= 0.3 is 12.1 Å². The lowest BCUT2D eigenvalue weighted by Gasteiger charge is -2.34. The van der Waals surface area contributed by atoms with Crippen LogP contribution >= 0.6 is 0 Å². The van der Waals surface area contributed by atoms with Gasteiger partial charge in [-0.25, -0.2) is 13.2 Å². The van der Waals surface area contributed by atoms with Gasteiger partial charge in [-0.3, -0.25) is 24.1 Å². The second-order valence-electron chi connectivity index (χ2n) is 11.7. The van der Waals surface area contributed by atoms with Crippen LogP contribution in [-0.2, 0) is 22.3 Å². The average molecular weight is 697 g/mol. The van der Waals surface area contributed by atoms with Crippen LogP contribution in [0.5, 0.6) is 0 Å². The quantitative estimate of drug-likeness (QED) is 0.122. The number of aliphatic carboxylic acids is 1. The van der Waals surface area contributed by atoms with Crippen LogP contribution < -0.4 is 16.2 Å². The molecule has 2 amide bonds. The maximum absolute atomic E-state index is 14.3. The van der Waals surface area contributed by atoms with Crippen molar-refractivity contribution < 1.29 is 45.8 Å². The van der Waals surface area contributed by atoms with Gasteiger partial charge < -0.3 is 20.3 Å². The number of hydrogen-bond donors (Lipinski definition) is 3. The van der Waals surface area contributed by atoms with E-state index >= 15 is 0 Å². The molecule has 3 aromatic rings. The number of amides is 2. The third kappa shape index (κ3) is 10.4. The van der Waals surface area contributed by atoms with Crippen LogP contribution in [0.15, 0.2) is 47.4 Å². The molecule has 1 saturated heterocycles. The van der Waals surface area contributed by atoms with Crippen molar-refractivity contribution in [2.24, 2.45) is 0 Å². The van der Waals surface area contributed by atoms with Gasteiger partial charge in [0.25, 0.3) is 11.5 Å². The lowest BCUT2D eigenvalue weighted by Crippen LogP contribution is -2.49. The van der Waals surface area contributed by atoms with Crippen LogP contribution in [0, 0.1) is 25.5 Å². The fraction of sp³-hybridized carbons (Fsp3) is 0.412. The molecule has 0 aliphatic carbocycles. The molecule has 9 nitrogen and oxygen atoms in total. The summed E-state index contributed by atoms with van der Waals surface area (Å²) < 4.78 is 81.6. The van der Waals surface area contributed by atoms with E-state index in [9.17, 15) is 45.5 Å². The smallest absolute Gasteiger partial charge is 0.416 e. The molecular weight excluding hydrogens is 658 g/mol. The molecule has 3 N–H and O–H groups in total. The lowest BCUT2D eigenvalue weighted by atomic mass is 9.90. The molecule has 15 heteroatoms. The summed E-state index contributed by atoms with van der Waals surface area (Å²) in [5.41, 5.74) is -0.716. The van der Waals surface area contributed by atoms with Gasteiger partial charge in [0, 0.05) is 44.5 Å². The Morgan fingerprint density at radius 3 is 2.29 bits per heavy atom. The third-order valence-electron chi connectivity index (χ3n) is 7.88. The maximum Gasteiger partial charge on any atom is 0.416 e. The highest BCUT2D eigenvalue weighted by molar-refractivity contribution is 5.93. The zero-order valence-corrected chi connectivity index (χ0v) is 27.2. The third-order valence-corrected chi connectivity index (χ3v) is 7.88. The summed E-state index contributed by atoms with van der Waals surface area (Å²) in [5.74, 6) is -4.33. The second-order valence-corrected chi connectivity index (χ2v) is 11.7. The molecule has 1 aliphatic heterocycles. The molecule has 1 aromatic heterocycles. The van der Waals surface area contributed by atoms with Gasteiger partial charge in [-0.05, 0) is 78.9 Å². The van der Waals surface area contributed by atoms with Crippen LogP contribution in [0.25, 0.3) is 11.1 Å². The van der Waals surface area contributed by atoms with E-state index in [1.54, 1.807) is 18.3 Å². The summed E-state index contributed by atoms with van der Waals surface area (Å²) in [6.07, 6.45) is -2.30. The minimum atomic E-state index is -4.56. The first-order chi connectivity index (χ1) is 23.1. The zero-order valence-electron chi connectivity index (χ0n) is 27.2. The summed E-state index contributed by atoms with van der Waals surface area (Å²) in [6, 6.07) is 5.62. The Bertz CT molecular complexity index is 1680. The lowest BCUT2D eigenvalue weighted by molar-refractivity contribution is -0.138. The van der Waals surface area contributed by atoms with Crippen molar-refractivity contribution >= 4 is 18.3 Å². The zero-order chi connectivity index (χ0) is 36.5. The monoisotopic (exact) mass is 696 g/mol. The number of carbonyl (C=O) groups is 3. The highest BCUT2D eigenvalue weighted by Crippen LogP contribution is 2.37. The Balaban J connectivity index is 0.000000276. The van der Waals surface area contributed by atoms with Crippen LogP contribution in [-0.4, -0.2) is 65.2 Å². The molecule has 49 heavy (non-hydrogen) atoms. The van der Waals surface area contributed by atoms with Crippen molar-refractivity contribution in [1.29, 1.82) is 0 Å². The summed E-state index contributed by atoms with van der Waals surface area (Å²) in [4.78, 5) is 47.8. The van der Waals surface area contributed by atoms with Crippen molar-refractivity contribution in [3.05, 3.63) is 92.4 Å². The van der Waals surface area contributed by atoms with Crippen LogP contribution in [0.2, 0.25) is 0 Å². The molecule has 4 rings (SSSR count). The number of pyridine rings is 1. The fourth-order valence-corrected chi connectivity index (χ4v) is 5.40. The molecule has 0 saturated carbocycles. The molecule has 1 aliphatic rings. The van der Waals surface area contributed by atoms with E-state index in [0.29, 0.717) is 32.7 Å². The largest absolute Gasteiger partial charge is 0.481 e. The van der Waals surface area contributed by atoms with Gasteiger partial charge in [0.1, 0.15) is 11.7 Å². The highest BCUT2D eigenvalue weighted by Gasteiger charge is 2.32. The molecule has 0 bridgehead atoms. The van der Waals surface area contributed by atoms with E-state index in [2.05, 4.69) is 10.6 Å². The number of aromatic nitrogens is 1. The first-order valence-corrected chi connectivity index (χ1v) is 15.5. The number of halogens is 6. The number of carboxylic acid groups (broad SMARTS) is 1. The second kappa shape index (κ2) is 17.1. The predicted octanol–water partition coefficient (Wildman–Crippen LogP) is 5.56. The van der Waals surface area contributed by atoms with Crippen molar-refractivity contribution in [2.75, 3.05) is 26.2 Å². The molecule has 266 valence electrons. The molecule has 1 atom stereocenters. The molecule has 0 spiro atoms. The standard InChI is InChI=1S/C19H16F5NO3.C15H22FN3O2/c1-9-3-12(19(22,23)24)4-10(2)17(9)11-5-13(18(21)14(20)6-11)15(25-8-26)7-16(27)28;1-2-3-6-17-14(20)13-5-4-7-19(15(13)21)9-8-18-10-12(16)11-18/h3-6,8,15H,7H2,1-2H3,(H,25,26)(H,27,28);4-5,7,12H,2-3,6,8-11H2,1H3,(H,17,20). The first kappa shape index (κ1) is 38.8. The fourth-order valence-electron chi connectivity index (χ4n) is 5.40. The molecule has 2 heterocycles. The maximum atomic E-state index is 14.3. The minimum absolute atomic E-state index is 0.0701.